The largest absolute Gasteiger partial charge is 0.481 e. The van der Waals surface area contributed by atoms with E-state index in [4.69, 9.17) is 5.11 Å². The SMILES string of the molecule is CC(=CCO)CCC1=C(C)CCC2C(C)(C(=O)O)CCCC12C. The molecule has 3 unspecified atom stereocenters. The van der Waals surface area contributed by atoms with Gasteiger partial charge in [-0.2, -0.15) is 0 Å². The van der Waals surface area contributed by atoms with Gasteiger partial charge in [0.1, 0.15) is 0 Å². The van der Waals surface area contributed by atoms with Crippen LogP contribution in [0.2, 0.25) is 0 Å². The van der Waals surface area contributed by atoms with E-state index >= 15 is 0 Å². The molecule has 23 heavy (non-hydrogen) atoms. The second-order valence-corrected chi connectivity index (χ2v) is 8.08. The molecule has 0 bridgehead atoms. The minimum atomic E-state index is -0.622. The highest BCUT2D eigenvalue weighted by molar-refractivity contribution is 5.75. The molecule has 0 aliphatic heterocycles. The fraction of sp³-hybridized carbons (Fsp3) is 0.750. The Labute approximate surface area is 140 Å². The lowest BCUT2D eigenvalue weighted by Gasteiger charge is -2.54. The molecule has 2 aliphatic rings. The molecular weight excluding hydrogens is 288 g/mol. The van der Waals surface area contributed by atoms with Crippen molar-refractivity contribution in [2.45, 2.75) is 72.6 Å². The fourth-order valence-corrected chi connectivity index (χ4v) is 5.21. The molecule has 0 aromatic heterocycles. The van der Waals surface area contributed by atoms with Gasteiger partial charge in [-0.1, -0.05) is 36.1 Å². The molecule has 1 saturated carbocycles. The third kappa shape index (κ3) is 3.26. The van der Waals surface area contributed by atoms with Crippen molar-refractivity contribution in [1.82, 2.24) is 0 Å². The van der Waals surface area contributed by atoms with E-state index in [1.807, 2.05) is 13.0 Å². The first-order valence-corrected chi connectivity index (χ1v) is 8.94. The van der Waals surface area contributed by atoms with Gasteiger partial charge in [0, 0.05) is 0 Å². The molecular formula is C20H32O3. The van der Waals surface area contributed by atoms with Gasteiger partial charge in [-0.05, 0) is 70.6 Å². The average Bonchev–Trinajstić information content (AvgIpc) is 2.46. The first-order valence-electron chi connectivity index (χ1n) is 8.94. The molecule has 3 heteroatoms. The number of hydrogen-bond donors (Lipinski definition) is 2. The lowest BCUT2D eigenvalue weighted by atomic mass is 9.49. The van der Waals surface area contributed by atoms with E-state index in [1.54, 1.807) is 0 Å². The van der Waals surface area contributed by atoms with Gasteiger partial charge in [-0.15, -0.1) is 0 Å². The Kier molecular flexibility index (Phi) is 5.40. The lowest BCUT2D eigenvalue weighted by Crippen LogP contribution is -2.50. The van der Waals surface area contributed by atoms with Gasteiger partial charge in [0.2, 0.25) is 0 Å². The Hall–Kier alpha value is -1.09. The first-order chi connectivity index (χ1) is 10.8. The maximum absolute atomic E-state index is 12.0. The molecule has 2 N–H and O–H groups in total. The zero-order valence-electron chi connectivity index (χ0n) is 15.1. The summed E-state index contributed by atoms with van der Waals surface area (Å²) in [4.78, 5) is 12.0. The second kappa shape index (κ2) is 6.80. The summed E-state index contributed by atoms with van der Waals surface area (Å²) < 4.78 is 0. The summed E-state index contributed by atoms with van der Waals surface area (Å²) in [7, 11) is 0. The molecule has 130 valence electrons. The summed E-state index contributed by atoms with van der Waals surface area (Å²) in [6.45, 7) is 8.67. The fourth-order valence-electron chi connectivity index (χ4n) is 5.21. The molecule has 2 rings (SSSR count). The molecule has 2 aliphatic carbocycles. The van der Waals surface area contributed by atoms with Crippen LogP contribution >= 0.6 is 0 Å². The standard InChI is InChI=1S/C20H32O3/c1-14(10-13-21)6-8-16-15(2)7-9-17-19(16,3)11-5-12-20(17,4)18(22)23/h10,17,21H,5-9,11-13H2,1-4H3,(H,22,23). The minimum absolute atomic E-state index is 0.0210. The Morgan fingerprint density at radius 2 is 2.04 bits per heavy atom. The lowest BCUT2D eigenvalue weighted by molar-refractivity contribution is -0.159. The van der Waals surface area contributed by atoms with Crippen molar-refractivity contribution in [3.05, 3.63) is 22.8 Å². The van der Waals surface area contributed by atoms with Crippen LogP contribution in [0.1, 0.15) is 72.6 Å². The number of rotatable bonds is 5. The number of aliphatic carboxylic acids is 1. The number of carbonyl (C=O) groups is 1. The summed E-state index contributed by atoms with van der Waals surface area (Å²) in [6.07, 6.45) is 8.77. The molecule has 0 amide bonds. The molecule has 0 heterocycles. The molecule has 0 saturated heterocycles. The zero-order chi connectivity index (χ0) is 17.3. The third-order valence-corrected chi connectivity index (χ3v) is 6.64. The smallest absolute Gasteiger partial charge is 0.309 e. The van der Waals surface area contributed by atoms with Gasteiger partial charge in [0.25, 0.3) is 0 Å². The average molecular weight is 320 g/mol. The zero-order valence-corrected chi connectivity index (χ0v) is 15.1. The van der Waals surface area contributed by atoms with Gasteiger partial charge < -0.3 is 10.2 Å². The maximum Gasteiger partial charge on any atom is 0.309 e. The Balaban J connectivity index is 2.31. The predicted octanol–water partition coefficient (Wildman–Crippen LogP) is 4.71. The normalized spacial score (nSPS) is 35.2. The number of allylic oxidation sites excluding steroid dienone is 3. The number of aliphatic hydroxyl groups excluding tert-OH is 1. The highest BCUT2D eigenvalue weighted by Gasteiger charge is 2.55. The van der Waals surface area contributed by atoms with Crippen LogP contribution in [0.4, 0.5) is 0 Å². The van der Waals surface area contributed by atoms with E-state index in [0.717, 1.165) is 44.9 Å². The van der Waals surface area contributed by atoms with E-state index in [-0.39, 0.29) is 17.9 Å². The molecule has 3 nitrogen and oxygen atoms in total. The van der Waals surface area contributed by atoms with Crippen LogP contribution in [0.3, 0.4) is 0 Å². The first kappa shape index (κ1) is 18.3. The molecule has 1 fully saturated rings. The van der Waals surface area contributed by atoms with Crippen LogP contribution in [0.15, 0.2) is 22.8 Å². The van der Waals surface area contributed by atoms with Gasteiger partial charge in [0.15, 0.2) is 0 Å². The Morgan fingerprint density at radius 3 is 2.65 bits per heavy atom. The number of hydrogen-bond acceptors (Lipinski definition) is 2. The van der Waals surface area contributed by atoms with Crippen LogP contribution < -0.4 is 0 Å². The molecule has 0 spiro atoms. The van der Waals surface area contributed by atoms with Crippen molar-refractivity contribution >= 4 is 5.97 Å². The van der Waals surface area contributed by atoms with Gasteiger partial charge >= 0.3 is 5.97 Å². The maximum atomic E-state index is 12.0. The highest BCUT2D eigenvalue weighted by atomic mass is 16.4. The Bertz CT molecular complexity index is 531. The summed E-state index contributed by atoms with van der Waals surface area (Å²) in [5, 5.41) is 18.9. The van der Waals surface area contributed by atoms with Crippen molar-refractivity contribution in [3.8, 4) is 0 Å². The summed E-state index contributed by atoms with van der Waals surface area (Å²) in [5.74, 6) is -0.384. The van der Waals surface area contributed by atoms with Crippen LogP contribution in [0, 0.1) is 16.7 Å². The number of fused-ring (bicyclic) bond motifs is 1. The summed E-state index contributed by atoms with van der Waals surface area (Å²) in [5.41, 5.74) is 3.61. The third-order valence-electron chi connectivity index (χ3n) is 6.64. The predicted molar refractivity (Wildman–Crippen MR) is 93.2 cm³/mol. The molecule has 0 radical (unpaired) electrons. The number of carboxylic acids is 1. The molecule has 3 atom stereocenters. The summed E-state index contributed by atoms with van der Waals surface area (Å²) in [6, 6.07) is 0. The number of aliphatic hydroxyl groups is 1. The van der Waals surface area contributed by atoms with Crippen molar-refractivity contribution in [3.63, 3.8) is 0 Å². The molecule has 0 aromatic rings. The Morgan fingerprint density at radius 1 is 1.35 bits per heavy atom. The van der Waals surface area contributed by atoms with Gasteiger partial charge in [-0.25, -0.2) is 0 Å². The van der Waals surface area contributed by atoms with E-state index in [2.05, 4.69) is 20.8 Å². The second-order valence-electron chi connectivity index (χ2n) is 8.08. The monoisotopic (exact) mass is 320 g/mol. The summed E-state index contributed by atoms with van der Waals surface area (Å²) >= 11 is 0. The van der Waals surface area contributed by atoms with E-state index in [0.29, 0.717) is 0 Å². The van der Waals surface area contributed by atoms with Gasteiger partial charge in [-0.3, -0.25) is 4.79 Å². The van der Waals surface area contributed by atoms with Gasteiger partial charge in [0.05, 0.1) is 12.0 Å². The van der Waals surface area contributed by atoms with Crippen LogP contribution in [-0.2, 0) is 4.79 Å². The quantitative estimate of drug-likeness (QED) is 0.721. The van der Waals surface area contributed by atoms with E-state index < -0.39 is 11.4 Å². The van der Waals surface area contributed by atoms with Crippen molar-refractivity contribution in [2.75, 3.05) is 6.61 Å². The topological polar surface area (TPSA) is 57.5 Å². The highest BCUT2D eigenvalue weighted by Crippen LogP contribution is 2.60. The molecule has 0 aromatic carbocycles. The van der Waals surface area contributed by atoms with Crippen LogP contribution in [-0.4, -0.2) is 22.8 Å². The van der Waals surface area contributed by atoms with Crippen LogP contribution in [0.25, 0.3) is 0 Å². The van der Waals surface area contributed by atoms with Crippen molar-refractivity contribution in [2.24, 2.45) is 16.7 Å². The van der Waals surface area contributed by atoms with E-state index in [9.17, 15) is 9.90 Å². The number of carboxylic acid groups (broad SMARTS) is 1. The van der Waals surface area contributed by atoms with Crippen molar-refractivity contribution in [1.29, 1.82) is 0 Å². The van der Waals surface area contributed by atoms with Crippen LogP contribution in [0.5, 0.6) is 0 Å². The minimum Gasteiger partial charge on any atom is -0.481 e. The van der Waals surface area contributed by atoms with E-state index in [1.165, 1.54) is 16.7 Å². The van der Waals surface area contributed by atoms with Crippen molar-refractivity contribution < 1.29 is 15.0 Å².